The fourth-order valence-electron chi connectivity index (χ4n) is 2.76. The number of para-hydroxylation sites is 1. The van der Waals surface area contributed by atoms with Gasteiger partial charge in [-0.25, -0.2) is 13.8 Å². The molecule has 0 aliphatic heterocycles. The molecule has 5 heteroatoms. The highest BCUT2D eigenvalue weighted by Gasteiger charge is 2.37. The van der Waals surface area contributed by atoms with Crippen LogP contribution in [0.4, 0.5) is 8.78 Å². The van der Waals surface area contributed by atoms with E-state index in [1.54, 1.807) is 11.3 Å². The highest BCUT2D eigenvalue weighted by Crippen LogP contribution is 2.40. The van der Waals surface area contributed by atoms with Gasteiger partial charge in [0.25, 0.3) is 0 Å². The van der Waals surface area contributed by atoms with E-state index >= 15 is 0 Å². The monoisotopic (exact) mass is 359 g/mol. The van der Waals surface area contributed by atoms with E-state index in [0.717, 1.165) is 16.9 Å². The number of thiazole rings is 1. The molecule has 1 aliphatic rings. The van der Waals surface area contributed by atoms with E-state index in [-0.39, 0.29) is 17.7 Å². The molecule has 0 bridgehead atoms. The molecule has 1 fully saturated rings. The molecular formula is C15H16BrF2NS. The first kappa shape index (κ1) is 14.4. The maximum atomic E-state index is 13.2. The standard InChI is InChI=1S/C15H16BrF2NS/c16-11(10-5-7-15(17,18)8-6-10)9-14-19-12-3-1-2-4-13(12)20-14/h1-4,10-11H,5-9H2. The molecule has 1 heterocycles. The van der Waals surface area contributed by atoms with Crippen molar-refractivity contribution < 1.29 is 8.78 Å². The third-order valence-electron chi connectivity index (χ3n) is 3.98. The number of halogens is 3. The van der Waals surface area contributed by atoms with E-state index in [2.05, 4.69) is 27.0 Å². The van der Waals surface area contributed by atoms with Crippen molar-refractivity contribution in [1.29, 1.82) is 0 Å². The van der Waals surface area contributed by atoms with Crippen LogP contribution in [0.25, 0.3) is 10.2 Å². The normalized spacial score (nSPS) is 21.1. The minimum Gasteiger partial charge on any atom is -0.241 e. The lowest BCUT2D eigenvalue weighted by Crippen LogP contribution is -2.29. The summed E-state index contributed by atoms with van der Waals surface area (Å²) in [4.78, 5) is 4.87. The Bertz CT molecular complexity index is 555. The zero-order valence-corrected chi connectivity index (χ0v) is 13.4. The largest absolute Gasteiger partial charge is 0.248 e. The van der Waals surface area contributed by atoms with Crippen molar-refractivity contribution in [3.8, 4) is 0 Å². The summed E-state index contributed by atoms with van der Waals surface area (Å²) in [6, 6.07) is 8.08. The Kier molecular flexibility index (Phi) is 4.09. The van der Waals surface area contributed by atoms with Crippen molar-refractivity contribution in [3.05, 3.63) is 29.3 Å². The maximum absolute atomic E-state index is 13.2. The van der Waals surface area contributed by atoms with Gasteiger partial charge in [0.2, 0.25) is 5.92 Å². The number of hydrogen-bond donors (Lipinski definition) is 0. The highest BCUT2D eigenvalue weighted by molar-refractivity contribution is 9.09. The Balaban J connectivity index is 1.65. The van der Waals surface area contributed by atoms with Gasteiger partial charge in [-0.1, -0.05) is 28.1 Å². The Morgan fingerprint density at radius 2 is 2.00 bits per heavy atom. The SMILES string of the molecule is FC1(F)CCC(C(Br)Cc2nc3ccccc3s2)CC1. The smallest absolute Gasteiger partial charge is 0.241 e. The van der Waals surface area contributed by atoms with E-state index in [4.69, 9.17) is 0 Å². The zero-order valence-electron chi connectivity index (χ0n) is 11.0. The van der Waals surface area contributed by atoms with Crippen LogP contribution in [0.15, 0.2) is 24.3 Å². The second-order valence-electron chi connectivity index (χ2n) is 5.49. The van der Waals surface area contributed by atoms with Crippen molar-refractivity contribution in [1.82, 2.24) is 4.98 Å². The van der Waals surface area contributed by atoms with Gasteiger partial charge in [-0.2, -0.15) is 0 Å². The fraction of sp³-hybridized carbons (Fsp3) is 0.533. The molecule has 3 rings (SSSR count). The van der Waals surface area contributed by atoms with Crippen molar-refractivity contribution in [2.75, 3.05) is 0 Å². The van der Waals surface area contributed by atoms with Crippen molar-refractivity contribution >= 4 is 37.5 Å². The van der Waals surface area contributed by atoms with Crippen molar-refractivity contribution in [3.63, 3.8) is 0 Å². The lowest BCUT2D eigenvalue weighted by molar-refractivity contribution is -0.0456. The minimum atomic E-state index is -2.45. The molecule has 1 aromatic carbocycles. The summed E-state index contributed by atoms with van der Waals surface area (Å²) in [6.45, 7) is 0. The second-order valence-corrected chi connectivity index (χ2v) is 7.78. The molecule has 20 heavy (non-hydrogen) atoms. The third-order valence-corrected chi connectivity index (χ3v) is 6.11. The zero-order chi connectivity index (χ0) is 14.2. The van der Waals surface area contributed by atoms with E-state index in [1.165, 1.54) is 4.70 Å². The molecule has 0 N–H and O–H groups in total. The van der Waals surface area contributed by atoms with Crippen LogP contribution >= 0.6 is 27.3 Å². The second kappa shape index (κ2) is 5.68. The summed E-state index contributed by atoms with van der Waals surface area (Å²) in [6.07, 6.45) is 2.09. The first-order chi connectivity index (χ1) is 9.53. The van der Waals surface area contributed by atoms with E-state index in [9.17, 15) is 8.78 Å². The number of fused-ring (bicyclic) bond motifs is 1. The lowest BCUT2D eigenvalue weighted by Gasteiger charge is -2.30. The van der Waals surface area contributed by atoms with Gasteiger partial charge >= 0.3 is 0 Å². The summed E-state index contributed by atoms with van der Waals surface area (Å²) < 4.78 is 27.6. The predicted octanol–water partition coefficient (Wildman–Crippen LogP) is 5.43. The number of nitrogens with zero attached hydrogens (tertiary/aromatic N) is 1. The number of benzene rings is 1. The summed E-state index contributed by atoms with van der Waals surface area (Å²) in [5.74, 6) is -2.11. The van der Waals surface area contributed by atoms with Gasteiger partial charge in [0.1, 0.15) is 0 Å². The summed E-state index contributed by atoms with van der Waals surface area (Å²) in [5, 5.41) is 1.09. The average molecular weight is 360 g/mol. The number of alkyl halides is 3. The van der Waals surface area contributed by atoms with Gasteiger partial charge in [-0.3, -0.25) is 0 Å². The average Bonchev–Trinajstić information content (AvgIpc) is 2.80. The number of hydrogen-bond acceptors (Lipinski definition) is 2. The van der Waals surface area contributed by atoms with Gasteiger partial charge in [-0.15, -0.1) is 11.3 Å². The summed E-state index contributed by atoms with van der Waals surface area (Å²) in [7, 11) is 0. The topological polar surface area (TPSA) is 12.9 Å². The van der Waals surface area contributed by atoms with Gasteiger partial charge in [-0.05, 0) is 30.9 Å². The maximum Gasteiger partial charge on any atom is 0.248 e. The molecule has 0 amide bonds. The van der Waals surface area contributed by atoms with Crippen LogP contribution in [0, 0.1) is 5.92 Å². The van der Waals surface area contributed by atoms with Gasteiger partial charge < -0.3 is 0 Å². The molecule has 2 aromatic rings. The number of rotatable bonds is 3. The van der Waals surface area contributed by atoms with Crippen molar-refractivity contribution in [2.45, 2.75) is 42.9 Å². The molecule has 0 radical (unpaired) electrons. The van der Waals surface area contributed by atoms with E-state index in [1.807, 2.05) is 18.2 Å². The molecule has 0 spiro atoms. The molecule has 1 unspecified atom stereocenters. The Morgan fingerprint density at radius 1 is 1.30 bits per heavy atom. The first-order valence-electron chi connectivity index (χ1n) is 6.90. The molecular weight excluding hydrogens is 344 g/mol. The first-order valence-corrected chi connectivity index (χ1v) is 8.63. The fourth-order valence-corrected chi connectivity index (χ4v) is 4.84. The summed E-state index contributed by atoms with van der Waals surface area (Å²) in [5.41, 5.74) is 1.03. The molecule has 0 saturated heterocycles. The molecule has 1 aliphatic carbocycles. The molecule has 1 aromatic heterocycles. The lowest BCUT2D eigenvalue weighted by atomic mass is 9.84. The van der Waals surface area contributed by atoms with Crippen LogP contribution in [0.3, 0.4) is 0 Å². The van der Waals surface area contributed by atoms with Gasteiger partial charge in [0.15, 0.2) is 0 Å². The van der Waals surface area contributed by atoms with Crippen LogP contribution in [0.1, 0.15) is 30.7 Å². The van der Waals surface area contributed by atoms with E-state index in [0.29, 0.717) is 18.8 Å². The van der Waals surface area contributed by atoms with Crippen LogP contribution in [0.5, 0.6) is 0 Å². The Hall–Kier alpha value is -0.550. The quantitative estimate of drug-likeness (QED) is 0.666. The Morgan fingerprint density at radius 3 is 2.70 bits per heavy atom. The molecule has 108 valence electrons. The highest BCUT2D eigenvalue weighted by atomic mass is 79.9. The molecule has 1 atom stereocenters. The molecule has 1 nitrogen and oxygen atoms in total. The Labute approximate surface area is 129 Å². The van der Waals surface area contributed by atoms with Gasteiger partial charge in [0.05, 0.1) is 15.2 Å². The van der Waals surface area contributed by atoms with Crippen LogP contribution in [-0.4, -0.2) is 15.7 Å². The number of aromatic nitrogens is 1. The third kappa shape index (κ3) is 3.19. The molecule has 1 saturated carbocycles. The van der Waals surface area contributed by atoms with Crippen molar-refractivity contribution in [2.24, 2.45) is 5.92 Å². The van der Waals surface area contributed by atoms with Gasteiger partial charge in [0, 0.05) is 24.1 Å². The van der Waals surface area contributed by atoms with Crippen LogP contribution < -0.4 is 0 Å². The predicted molar refractivity (Wildman–Crippen MR) is 82.9 cm³/mol. The summed E-state index contributed by atoms with van der Waals surface area (Å²) >= 11 is 5.39. The van der Waals surface area contributed by atoms with Crippen LogP contribution in [0.2, 0.25) is 0 Å². The van der Waals surface area contributed by atoms with E-state index < -0.39 is 5.92 Å². The minimum absolute atomic E-state index is 0.0274. The van der Waals surface area contributed by atoms with Crippen LogP contribution in [-0.2, 0) is 6.42 Å².